The van der Waals surface area contributed by atoms with E-state index < -0.39 is 0 Å². The van der Waals surface area contributed by atoms with Gasteiger partial charge in [0.1, 0.15) is 21.7 Å². The van der Waals surface area contributed by atoms with E-state index in [-0.39, 0.29) is 5.75 Å². The van der Waals surface area contributed by atoms with Crippen molar-refractivity contribution in [2.45, 2.75) is 12.8 Å². The summed E-state index contributed by atoms with van der Waals surface area (Å²) in [6.45, 7) is 0.644. The lowest BCUT2D eigenvalue weighted by molar-refractivity contribution is 0.478. The van der Waals surface area contributed by atoms with Crippen molar-refractivity contribution in [1.82, 2.24) is 9.38 Å². The molecule has 0 aliphatic heterocycles. The zero-order valence-corrected chi connectivity index (χ0v) is 9.74. The zero-order chi connectivity index (χ0) is 10.8. The molecule has 0 fully saturated rings. The van der Waals surface area contributed by atoms with Gasteiger partial charge in [0.25, 0.3) is 0 Å². The van der Waals surface area contributed by atoms with Crippen molar-refractivity contribution in [2.75, 3.05) is 6.54 Å². The predicted octanol–water partition coefficient (Wildman–Crippen LogP) is 1.69. The molecule has 2 aromatic heterocycles. The van der Waals surface area contributed by atoms with Gasteiger partial charge in [-0.05, 0) is 41.0 Å². The van der Waals surface area contributed by atoms with Gasteiger partial charge in [0.05, 0.1) is 0 Å². The third-order valence-electron chi connectivity index (χ3n) is 2.28. The lowest BCUT2D eigenvalue weighted by atomic mass is 10.3. The first-order chi connectivity index (χ1) is 7.24. The summed E-state index contributed by atoms with van der Waals surface area (Å²) in [5, 5.41) is 9.68. The fourth-order valence-corrected chi connectivity index (χ4v) is 2.17. The van der Waals surface area contributed by atoms with Crippen LogP contribution in [-0.4, -0.2) is 21.0 Å². The molecule has 2 rings (SSSR count). The van der Waals surface area contributed by atoms with Gasteiger partial charge >= 0.3 is 0 Å². The Morgan fingerprint density at radius 3 is 3.07 bits per heavy atom. The van der Waals surface area contributed by atoms with Crippen molar-refractivity contribution in [3.63, 3.8) is 0 Å². The van der Waals surface area contributed by atoms with Crippen molar-refractivity contribution in [3.05, 3.63) is 28.8 Å². The molecule has 3 N–H and O–H groups in total. The van der Waals surface area contributed by atoms with Gasteiger partial charge in [-0.1, -0.05) is 0 Å². The Morgan fingerprint density at radius 1 is 1.53 bits per heavy atom. The van der Waals surface area contributed by atoms with Gasteiger partial charge in [-0.25, -0.2) is 4.98 Å². The predicted molar refractivity (Wildman–Crippen MR) is 61.9 cm³/mol. The van der Waals surface area contributed by atoms with Crippen LogP contribution >= 0.6 is 15.9 Å². The van der Waals surface area contributed by atoms with Gasteiger partial charge < -0.3 is 10.8 Å². The second-order valence-corrected chi connectivity index (χ2v) is 4.07. The summed E-state index contributed by atoms with van der Waals surface area (Å²) in [6.07, 6.45) is 3.59. The number of aryl methyl sites for hydroxylation is 1. The van der Waals surface area contributed by atoms with Gasteiger partial charge in [-0.3, -0.25) is 4.40 Å². The Balaban J connectivity index is 2.53. The first kappa shape index (κ1) is 10.4. The first-order valence-electron chi connectivity index (χ1n) is 4.78. The summed E-state index contributed by atoms with van der Waals surface area (Å²) >= 11 is 3.34. The van der Waals surface area contributed by atoms with Crippen LogP contribution in [0.15, 0.2) is 22.9 Å². The Morgan fingerprint density at radius 2 is 2.33 bits per heavy atom. The van der Waals surface area contributed by atoms with Crippen molar-refractivity contribution in [3.8, 4) is 5.75 Å². The molecule has 0 saturated carbocycles. The van der Waals surface area contributed by atoms with E-state index in [1.54, 1.807) is 12.1 Å². The molecule has 0 aromatic carbocycles. The number of imidazole rings is 1. The fraction of sp³-hybridized carbons (Fsp3) is 0.300. The molecular weight excluding hydrogens is 258 g/mol. The number of aromatic nitrogens is 2. The highest BCUT2D eigenvalue weighted by Crippen LogP contribution is 2.27. The molecular formula is C10H12BrN3O. The van der Waals surface area contributed by atoms with Crippen molar-refractivity contribution >= 4 is 21.4 Å². The van der Waals surface area contributed by atoms with Crippen LogP contribution in [-0.2, 0) is 6.42 Å². The molecule has 2 aromatic rings. The molecule has 0 spiro atoms. The topological polar surface area (TPSA) is 63.5 Å². The monoisotopic (exact) mass is 269 g/mol. The zero-order valence-electron chi connectivity index (χ0n) is 8.15. The second kappa shape index (κ2) is 4.20. The summed E-state index contributed by atoms with van der Waals surface area (Å²) in [5.74, 6) is 1.15. The van der Waals surface area contributed by atoms with E-state index in [1.165, 1.54) is 0 Å². The Kier molecular flexibility index (Phi) is 2.93. The quantitative estimate of drug-likeness (QED) is 0.892. The standard InChI is InChI=1S/C10H12BrN3O/c11-10-9-7(15)3-2-6-14(9)8(13-10)4-1-5-12/h2-3,6,15H,1,4-5,12H2. The van der Waals surface area contributed by atoms with Crippen LogP contribution in [0.4, 0.5) is 0 Å². The van der Waals surface area contributed by atoms with Crippen LogP contribution in [0.25, 0.3) is 5.52 Å². The summed E-state index contributed by atoms with van der Waals surface area (Å²) in [5.41, 5.74) is 6.17. The van der Waals surface area contributed by atoms with E-state index in [4.69, 9.17) is 5.73 Å². The number of pyridine rings is 1. The van der Waals surface area contributed by atoms with Crippen LogP contribution in [0.3, 0.4) is 0 Å². The van der Waals surface area contributed by atoms with E-state index in [0.29, 0.717) is 16.7 Å². The normalized spacial score (nSPS) is 11.1. The number of rotatable bonds is 3. The number of nitrogens with two attached hydrogens (primary N) is 1. The maximum Gasteiger partial charge on any atom is 0.142 e. The van der Waals surface area contributed by atoms with Gasteiger partial charge in [-0.2, -0.15) is 0 Å². The van der Waals surface area contributed by atoms with Crippen LogP contribution in [0.5, 0.6) is 5.75 Å². The first-order valence-corrected chi connectivity index (χ1v) is 5.58. The average molecular weight is 270 g/mol. The fourth-order valence-electron chi connectivity index (χ4n) is 1.57. The van der Waals surface area contributed by atoms with Crippen molar-refractivity contribution in [1.29, 1.82) is 0 Å². The minimum absolute atomic E-state index is 0.232. The van der Waals surface area contributed by atoms with Crippen LogP contribution < -0.4 is 5.73 Å². The molecule has 80 valence electrons. The number of hydrogen-bond acceptors (Lipinski definition) is 3. The summed E-state index contributed by atoms with van der Waals surface area (Å²) in [7, 11) is 0. The largest absolute Gasteiger partial charge is 0.506 e. The number of fused-ring (bicyclic) bond motifs is 1. The van der Waals surface area contributed by atoms with Crippen LogP contribution in [0.1, 0.15) is 12.2 Å². The molecule has 0 atom stereocenters. The van der Waals surface area contributed by atoms with Crippen LogP contribution in [0, 0.1) is 0 Å². The number of nitrogens with zero attached hydrogens (tertiary/aromatic N) is 2. The van der Waals surface area contributed by atoms with Crippen molar-refractivity contribution in [2.24, 2.45) is 5.73 Å². The summed E-state index contributed by atoms with van der Waals surface area (Å²) in [6, 6.07) is 3.44. The van der Waals surface area contributed by atoms with E-state index in [2.05, 4.69) is 20.9 Å². The maximum atomic E-state index is 9.68. The Hall–Kier alpha value is -1.07. The molecule has 0 saturated heterocycles. The SMILES string of the molecule is NCCCc1nc(Br)c2c(O)cccn12. The van der Waals surface area contributed by atoms with Gasteiger partial charge in [0, 0.05) is 12.6 Å². The smallest absolute Gasteiger partial charge is 0.142 e. The summed E-state index contributed by atoms with van der Waals surface area (Å²) in [4.78, 5) is 4.35. The number of aromatic hydroxyl groups is 1. The third-order valence-corrected chi connectivity index (χ3v) is 2.83. The highest BCUT2D eigenvalue weighted by Gasteiger charge is 2.11. The molecule has 2 heterocycles. The highest BCUT2D eigenvalue weighted by atomic mass is 79.9. The van der Waals surface area contributed by atoms with Crippen LogP contribution in [0.2, 0.25) is 0 Å². The van der Waals surface area contributed by atoms with E-state index >= 15 is 0 Å². The lowest BCUT2D eigenvalue weighted by Gasteiger charge is -2.00. The Labute approximate surface area is 95.9 Å². The van der Waals surface area contributed by atoms with E-state index in [9.17, 15) is 5.11 Å². The molecule has 5 heteroatoms. The van der Waals surface area contributed by atoms with Gasteiger partial charge in [-0.15, -0.1) is 0 Å². The average Bonchev–Trinajstić information content (AvgIpc) is 2.54. The maximum absolute atomic E-state index is 9.68. The minimum atomic E-state index is 0.232. The Bertz CT molecular complexity index is 481. The number of halogens is 1. The molecule has 15 heavy (non-hydrogen) atoms. The van der Waals surface area contributed by atoms with E-state index in [1.807, 2.05) is 10.6 Å². The van der Waals surface area contributed by atoms with Gasteiger partial charge in [0.2, 0.25) is 0 Å². The van der Waals surface area contributed by atoms with Gasteiger partial charge in [0.15, 0.2) is 0 Å². The van der Waals surface area contributed by atoms with E-state index in [0.717, 1.165) is 18.7 Å². The summed E-state index contributed by atoms with van der Waals surface area (Å²) < 4.78 is 2.56. The lowest BCUT2D eigenvalue weighted by Crippen LogP contribution is -2.02. The second-order valence-electron chi connectivity index (χ2n) is 3.32. The minimum Gasteiger partial charge on any atom is -0.506 e. The van der Waals surface area contributed by atoms with Crippen molar-refractivity contribution < 1.29 is 5.11 Å². The number of hydrogen-bond donors (Lipinski definition) is 2. The molecule has 4 nitrogen and oxygen atoms in total. The molecule has 0 aliphatic carbocycles. The molecule has 0 aliphatic rings. The molecule has 0 amide bonds. The molecule has 0 radical (unpaired) electrons. The molecule has 0 unspecified atom stereocenters. The molecule has 0 bridgehead atoms. The third kappa shape index (κ3) is 1.85. The highest BCUT2D eigenvalue weighted by molar-refractivity contribution is 9.10.